The van der Waals surface area contributed by atoms with Gasteiger partial charge in [0.2, 0.25) is 0 Å². The highest BCUT2D eigenvalue weighted by Crippen LogP contribution is 2.17. The number of nitrogens with zero attached hydrogens (tertiary/aromatic N) is 1. The molecule has 2 unspecified atom stereocenters. The van der Waals surface area contributed by atoms with Gasteiger partial charge in [0.1, 0.15) is 5.82 Å². The molecule has 0 heterocycles. The average Bonchev–Trinajstić information content (AvgIpc) is 2.34. The summed E-state index contributed by atoms with van der Waals surface area (Å²) in [5.74, 6) is -0.292. The standard InChI is InChI=1S/C14H22FNO2/c1-11(17)7-9-16(2)10-8-14(18)12-3-5-13(15)6-4-12/h3-6,11,14,17-18H,7-10H2,1-2H3. The zero-order valence-electron chi connectivity index (χ0n) is 11.0. The fourth-order valence-corrected chi connectivity index (χ4v) is 1.71. The van der Waals surface area contributed by atoms with Gasteiger partial charge in [0.15, 0.2) is 0 Å². The first kappa shape index (κ1) is 15.1. The minimum Gasteiger partial charge on any atom is -0.393 e. The van der Waals surface area contributed by atoms with E-state index in [1.54, 1.807) is 19.1 Å². The summed E-state index contributed by atoms with van der Waals surface area (Å²) < 4.78 is 12.7. The molecule has 0 aromatic heterocycles. The van der Waals surface area contributed by atoms with Crippen LogP contribution in [0.3, 0.4) is 0 Å². The summed E-state index contributed by atoms with van der Waals surface area (Å²) in [5, 5.41) is 19.1. The van der Waals surface area contributed by atoms with E-state index in [1.807, 2.05) is 7.05 Å². The summed E-state index contributed by atoms with van der Waals surface area (Å²) in [6.45, 7) is 3.31. The smallest absolute Gasteiger partial charge is 0.123 e. The van der Waals surface area contributed by atoms with Crippen molar-refractivity contribution in [1.82, 2.24) is 4.90 Å². The van der Waals surface area contributed by atoms with Crippen LogP contribution < -0.4 is 0 Å². The van der Waals surface area contributed by atoms with E-state index in [4.69, 9.17) is 0 Å². The molecule has 0 amide bonds. The first-order chi connectivity index (χ1) is 8.49. The van der Waals surface area contributed by atoms with Crippen LogP contribution >= 0.6 is 0 Å². The number of hydrogen-bond acceptors (Lipinski definition) is 3. The molecule has 0 aliphatic carbocycles. The van der Waals surface area contributed by atoms with Crippen molar-refractivity contribution in [2.45, 2.75) is 32.0 Å². The molecule has 0 fully saturated rings. The van der Waals surface area contributed by atoms with Crippen LogP contribution in [0.25, 0.3) is 0 Å². The second kappa shape index (κ2) is 7.46. The maximum absolute atomic E-state index is 12.7. The lowest BCUT2D eigenvalue weighted by atomic mass is 10.1. The van der Waals surface area contributed by atoms with Crippen LogP contribution in [-0.4, -0.2) is 41.4 Å². The van der Waals surface area contributed by atoms with Crippen LogP contribution in [0.1, 0.15) is 31.4 Å². The van der Waals surface area contributed by atoms with Crippen LogP contribution in [0.5, 0.6) is 0 Å². The Bertz CT molecular complexity index is 340. The van der Waals surface area contributed by atoms with E-state index in [1.165, 1.54) is 12.1 Å². The molecule has 0 aliphatic rings. The molecule has 18 heavy (non-hydrogen) atoms. The Kier molecular flexibility index (Phi) is 6.25. The average molecular weight is 255 g/mol. The third-order valence-corrected chi connectivity index (χ3v) is 2.97. The second-order valence-corrected chi connectivity index (χ2v) is 4.80. The van der Waals surface area contributed by atoms with Crippen LogP contribution in [0.2, 0.25) is 0 Å². The zero-order chi connectivity index (χ0) is 13.5. The van der Waals surface area contributed by atoms with Gasteiger partial charge in [0.05, 0.1) is 12.2 Å². The van der Waals surface area contributed by atoms with E-state index in [-0.39, 0.29) is 11.9 Å². The Morgan fingerprint density at radius 1 is 1.11 bits per heavy atom. The lowest BCUT2D eigenvalue weighted by Crippen LogP contribution is -2.24. The van der Waals surface area contributed by atoms with Crippen molar-refractivity contribution in [2.75, 3.05) is 20.1 Å². The van der Waals surface area contributed by atoms with Gasteiger partial charge in [0.25, 0.3) is 0 Å². The predicted octanol–water partition coefficient (Wildman–Crippen LogP) is 1.95. The number of benzene rings is 1. The second-order valence-electron chi connectivity index (χ2n) is 4.80. The highest BCUT2D eigenvalue weighted by atomic mass is 19.1. The van der Waals surface area contributed by atoms with Gasteiger partial charge in [-0.15, -0.1) is 0 Å². The fourth-order valence-electron chi connectivity index (χ4n) is 1.71. The molecule has 0 radical (unpaired) electrons. The van der Waals surface area contributed by atoms with Crippen LogP contribution in [0, 0.1) is 5.82 Å². The number of aliphatic hydroxyl groups is 2. The highest BCUT2D eigenvalue weighted by Gasteiger charge is 2.09. The van der Waals surface area contributed by atoms with E-state index in [9.17, 15) is 14.6 Å². The summed E-state index contributed by atoms with van der Waals surface area (Å²) in [6.07, 6.45) is 0.458. The molecule has 102 valence electrons. The number of halogens is 1. The predicted molar refractivity (Wildman–Crippen MR) is 69.8 cm³/mol. The maximum atomic E-state index is 12.7. The molecular formula is C14H22FNO2. The molecule has 2 atom stereocenters. The van der Waals surface area contributed by atoms with Gasteiger partial charge in [-0.2, -0.15) is 0 Å². The lowest BCUT2D eigenvalue weighted by Gasteiger charge is -2.19. The first-order valence-electron chi connectivity index (χ1n) is 6.29. The minimum atomic E-state index is -0.570. The van der Waals surface area contributed by atoms with Gasteiger partial charge in [-0.3, -0.25) is 0 Å². The first-order valence-corrected chi connectivity index (χ1v) is 6.29. The number of aliphatic hydroxyl groups excluding tert-OH is 2. The van der Waals surface area contributed by atoms with Gasteiger partial charge < -0.3 is 15.1 Å². The number of hydrogen-bond donors (Lipinski definition) is 2. The molecule has 0 bridgehead atoms. The third kappa shape index (κ3) is 5.58. The number of rotatable bonds is 7. The van der Waals surface area contributed by atoms with Gasteiger partial charge >= 0.3 is 0 Å². The Balaban J connectivity index is 2.32. The maximum Gasteiger partial charge on any atom is 0.123 e. The largest absolute Gasteiger partial charge is 0.393 e. The van der Waals surface area contributed by atoms with Crippen molar-refractivity contribution in [3.8, 4) is 0 Å². The van der Waals surface area contributed by atoms with E-state index >= 15 is 0 Å². The highest BCUT2D eigenvalue weighted by molar-refractivity contribution is 5.18. The molecule has 0 aliphatic heterocycles. The lowest BCUT2D eigenvalue weighted by molar-refractivity contribution is 0.136. The summed E-state index contributed by atoms with van der Waals surface area (Å²) >= 11 is 0. The third-order valence-electron chi connectivity index (χ3n) is 2.97. The SMILES string of the molecule is CC(O)CCN(C)CCC(O)c1ccc(F)cc1. The van der Waals surface area contributed by atoms with Crippen molar-refractivity contribution in [3.05, 3.63) is 35.6 Å². The molecule has 2 N–H and O–H groups in total. The quantitative estimate of drug-likeness (QED) is 0.782. The summed E-state index contributed by atoms with van der Waals surface area (Å²) in [6, 6.07) is 5.93. The van der Waals surface area contributed by atoms with Crippen LogP contribution in [0.4, 0.5) is 4.39 Å². The van der Waals surface area contributed by atoms with Gasteiger partial charge in [-0.25, -0.2) is 4.39 Å². The van der Waals surface area contributed by atoms with Crippen LogP contribution in [0.15, 0.2) is 24.3 Å². The van der Waals surface area contributed by atoms with Crippen LogP contribution in [-0.2, 0) is 0 Å². The Morgan fingerprint density at radius 3 is 2.22 bits per heavy atom. The summed E-state index contributed by atoms with van der Waals surface area (Å²) in [4.78, 5) is 2.07. The Morgan fingerprint density at radius 2 is 1.67 bits per heavy atom. The summed E-state index contributed by atoms with van der Waals surface area (Å²) in [5.41, 5.74) is 0.736. The molecule has 1 rings (SSSR count). The van der Waals surface area contributed by atoms with E-state index < -0.39 is 6.10 Å². The van der Waals surface area contributed by atoms with Crippen molar-refractivity contribution in [1.29, 1.82) is 0 Å². The molecule has 0 spiro atoms. The Hall–Kier alpha value is -0.970. The van der Waals surface area contributed by atoms with E-state index in [0.29, 0.717) is 6.42 Å². The molecule has 4 heteroatoms. The van der Waals surface area contributed by atoms with Crippen molar-refractivity contribution >= 4 is 0 Å². The van der Waals surface area contributed by atoms with Crippen molar-refractivity contribution in [3.63, 3.8) is 0 Å². The fraction of sp³-hybridized carbons (Fsp3) is 0.571. The van der Waals surface area contributed by atoms with E-state index in [2.05, 4.69) is 4.90 Å². The normalized spacial score (nSPS) is 14.8. The summed E-state index contributed by atoms with van der Waals surface area (Å²) in [7, 11) is 1.96. The Labute approximate surface area is 108 Å². The van der Waals surface area contributed by atoms with Crippen molar-refractivity contribution < 1.29 is 14.6 Å². The van der Waals surface area contributed by atoms with Gasteiger partial charge in [-0.05, 0) is 44.5 Å². The topological polar surface area (TPSA) is 43.7 Å². The molecule has 1 aromatic rings. The monoisotopic (exact) mass is 255 g/mol. The molecule has 0 saturated heterocycles. The molecule has 0 saturated carbocycles. The van der Waals surface area contributed by atoms with Gasteiger partial charge in [0, 0.05) is 13.1 Å². The zero-order valence-corrected chi connectivity index (χ0v) is 11.0. The van der Waals surface area contributed by atoms with Gasteiger partial charge in [-0.1, -0.05) is 12.1 Å². The molecule has 1 aromatic carbocycles. The van der Waals surface area contributed by atoms with Crippen molar-refractivity contribution in [2.24, 2.45) is 0 Å². The molecular weight excluding hydrogens is 233 g/mol. The minimum absolute atomic E-state index is 0.292. The molecule has 3 nitrogen and oxygen atoms in total. The van der Waals surface area contributed by atoms with E-state index in [0.717, 1.165) is 25.1 Å².